The van der Waals surface area contributed by atoms with E-state index in [0.717, 1.165) is 11.4 Å². The van der Waals surface area contributed by atoms with E-state index in [1.165, 1.54) is 0 Å². The highest BCUT2D eigenvalue weighted by Gasteiger charge is 2.16. The minimum Gasteiger partial charge on any atom is -0.419 e. The van der Waals surface area contributed by atoms with Crippen molar-refractivity contribution in [3.05, 3.63) is 41.9 Å². The zero-order valence-electron chi connectivity index (χ0n) is 15.8. The number of carbonyl (C=O) groups excluding carboxylic acids is 2. The summed E-state index contributed by atoms with van der Waals surface area (Å²) in [5.74, 6) is 0.139. The summed E-state index contributed by atoms with van der Waals surface area (Å²) in [7, 11) is 0. The van der Waals surface area contributed by atoms with Crippen molar-refractivity contribution in [2.45, 2.75) is 39.7 Å². The third-order valence-corrected chi connectivity index (χ3v) is 4.06. The molecule has 28 heavy (non-hydrogen) atoms. The van der Waals surface area contributed by atoms with Gasteiger partial charge in [-0.1, -0.05) is 0 Å². The number of nitrogens with two attached hydrogens (primary N) is 1. The molecule has 0 aliphatic carbocycles. The molecule has 3 N–H and O–H groups in total. The van der Waals surface area contributed by atoms with E-state index in [4.69, 9.17) is 10.2 Å². The number of nitrogens with one attached hydrogen (secondary N) is 1. The summed E-state index contributed by atoms with van der Waals surface area (Å²) in [6.07, 6.45) is 0.205. The molecule has 0 aliphatic rings. The number of rotatable bonds is 8. The second kappa shape index (κ2) is 8.47. The van der Waals surface area contributed by atoms with E-state index in [1.807, 2.05) is 19.9 Å². The first-order valence-electron chi connectivity index (χ1n) is 8.99. The first kappa shape index (κ1) is 19.3. The Morgan fingerprint density at radius 1 is 1.21 bits per heavy atom. The van der Waals surface area contributed by atoms with E-state index in [9.17, 15) is 9.59 Å². The predicted octanol–water partition coefficient (Wildman–Crippen LogP) is 2.37. The smallest absolute Gasteiger partial charge is 0.265 e. The average Bonchev–Trinajstić information content (AvgIpc) is 3.27. The van der Waals surface area contributed by atoms with E-state index in [0.29, 0.717) is 29.7 Å². The fourth-order valence-corrected chi connectivity index (χ4v) is 2.70. The van der Waals surface area contributed by atoms with Gasteiger partial charge in [0.05, 0.1) is 12.1 Å². The monoisotopic (exact) mass is 382 g/mol. The molecular weight excluding hydrogens is 360 g/mol. The molecule has 0 saturated carbocycles. The van der Waals surface area contributed by atoms with Crippen molar-refractivity contribution in [2.75, 3.05) is 11.1 Å². The second-order valence-electron chi connectivity index (χ2n) is 6.37. The second-order valence-corrected chi connectivity index (χ2v) is 6.37. The maximum atomic E-state index is 12.1. The molecule has 2 aromatic heterocycles. The highest BCUT2D eigenvalue weighted by atomic mass is 16.4. The highest BCUT2D eigenvalue weighted by molar-refractivity contribution is 6.04. The largest absolute Gasteiger partial charge is 0.419 e. The molecule has 2 heterocycles. The number of benzene rings is 1. The van der Waals surface area contributed by atoms with E-state index < -0.39 is 0 Å². The van der Waals surface area contributed by atoms with Crippen LogP contribution in [0, 0.1) is 6.92 Å². The zero-order chi connectivity index (χ0) is 20.1. The maximum Gasteiger partial charge on any atom is 0.265 e. The number of anilines is 2. The minimum atomic E-state index is -0.372. The molecule has 0 radical (unpaired) electrons. The molecule has 3 rings (SSSR count). The van der Waals surface area contributed by atoms with Crippen molar-refractivity contribution < 1.29 is 14.0 Å². The first-order chi connectivity index (χ1) is 13.4. The number of hydrogen-bond donors (Lipinski definition) is 2. The van der Waals surface area contributed by atoms with Gasteiger partial charge in [0, 0.05) is 30.8 Å². The summed E-state index contributed by atoms with van der Waals surface area (Å²) >= 11 is 0. The number of amides is 1. The molecule has 0 aliphatic heterocycles. The van der Waals surface area contributed by atoms with Gasteiger partial charge >= 0.3 is 0 Å². The average molecular weight is 382 g/mol. The fraction of sp³-hybridized carbons (Fsp3) is 0.316. The molecule has 3 aromatic rings. The Morgan fingerprint density at radius 2 is 1.96 bits per heavy atom. The molecule has 146 valence electrons. The van der Waals surface area contributed by atoms with Crippen molar-refractivity contribution in [3.8, 4) is 11.6 Å². The number of ketones is 1. The molecule has 9 nitrogen and oxygen atoms in total. The SMILES string of the molecule is CCn1nc(C)cc1-c1nnc(CCC(=O)CC(=O)Nc2ccc(N)cc2)o1. The van der Waals surface area contributed by atoms with Crippen molar-refractivity contribution in [2.24, 2.45) is 0 Å². The van der Waals surface area contributed by atoms with Gasteiger partial charge in [-0.05, 0) is 44.2 Å². The van der Waals surface area contributed by atoms with Crippen molar-refractivity contribution in [3.63, 3.8) is 0 Å². The van der Waals surface area contributed by atoms with Crippen LogP contribution in [0.15, 0.2) is 34.7 Å². The molecule has 0 bridgehead atoms. The predicted molar refractivity (Wildman–Crippen MR) is 103 cm³/mol. The van der Waals surface area contributed by atoms with Gasteiger partial charge in [-0.25, -0.2) is 0 Å². The fourth-order valence-electron chi connectivity index (χ4n) is 2.70. The van der Waals surface area contributed by atoms with Gasteiger partial charge in [0.25, 0.3) is 5.89 Å². The number of aromatic nitrogens is 4. The van der Waals surface area contributed by atoms with Crippen LogP contribution in [0.4, 0.5) is 11.4 Å². The lowest BCUT2D eigenvalue weighted by atomic mass is 10.1. The molecule has 0 spiro atoms. The van der Waals surface area contributed by atoms with Gasteiger partial charge < -0.3 is 15.5 Å². The van der Waals surface area contributed by atoms with E-state index in [1.54, 1.807) is 28.9 Å². The summed E-state index contributed by atoms with van der Waals surface area (Å²) in [4.78, 5) is 24.0. The lowest BCUT2D eigenvalue weighted by Gasteiger charge is -2.04. The minimum absolute atomic E-state index is 0.142. The van der Waals surface area contributed by atoms with Crippen molar-refractivity contribution in [1.29, 1.82) is 0 Å². The Kier molecular flexibility index (Phi) is 5.83. The Morgan fingerprint density at radius 3 is 2.68 bits per heavy atom. The topological polar surface area (TPSA) is 129 Å². The standard InChI is InChI=1S/C19H22N6O3/c1-3-25-16(10-12(2)24-25)19-23-22-18(28-19)9-8-15(26)11-17(27)21-14-6-4-13(20)5-7-14/h4-7,10H,3,8-9,11,20H2,1-2H3,(H,21,27). The molecule has 0 unspecified atom stereocenters. The quantitative estimate of drug-likeness (QED) is 0.452. The highest BCUT2D eigenvalue weighted by Crippen LogP contribution is 2.20. The molecule has 0 atom stereocenters. The lowest BCUT2D eigenvalue weighted by Crippen LogP contribution is -2.16. The Balaban J connectivity index is 1.51. The van der Waals surface area contributed by atoms with Crippen LogP contribution in [0.5, 0.6) is 0 Å². The molecule has 1 amide bonds. The van der Waals surface area contributed by atoms with Crippen LogP contribution >= 0.6 is 0 Å². The lowest BCUT2D eigenvalue weighted by molar-refractivity contribution is -0.125. The molecule has 1 aromatic carbocycles. The van der Waals surface area contributed by atoms with Crippen LogP contribution in [0.1, 0.15) is 31.4 Å². The van der Waals surface area contributed by atoms with Crippen LogP contribution < -0.4 is 11.1 Å². The van der Waals surface area contributed by atoms with Crippen LogP contribution in [-0.2, 0) is 22.6 Å². The van der Waals surface area contributed by atoms with Gasteiger partial charge in [-0.15, -0.1) is 10.2 Å². The third-order valence-electron chi connectivity index (χ3n) is 4.06. The summed E-state index contributed by atoms with van der Waals surface area (Å²) in [6, 6.07) is 8.58. The van der Waals surface area contributed by atoms with Gasteiger partial charge in [0.15, 0.2) is 0 Å². The maximum absolute atomic E-state index is 12.1. The Hall–Kier alpha value is -3.49. The van der Waals surface area contributed by atoms with Gasteiger partial charge in [0.1, 0.15) is 11.5 Å². The van der Waals surface area contributed by atoms with E-state index >= 15 is 0 Å². The molecular formula is C19H22N6O3. The van der Waals surface area contributed by atoms with Crippen molar-refractivity contribution in [1.82, 2.24) is 20.0 Å². The van der Waals surface area contributed by atoms with Gasteiger partial charge in [-0.2, -0.15) is 5.10 Å². The molecule has 0 saturated heterocycles. The van der Waals surface area contributed by atoms with Gasteiger partial charge in [-0.3, -0.25) is 14.3 Å². The Bertz CT molecular complexity index is 974. The van der Waals surface area contributed by atoms with E-state index in [2.05, 4.69) is 20.6 Å². The number of hydrogen-bond acceptors (Lipinski definition) is 7. The molecule has 0 fully saturated rings. The van der Waals surface area contributed by atoms with Crippen LogP contribution in [0.2, 0.25) is 0 Å². The summed E-state index contributed by atoms with van der Waals surface area (Å²) in [6.45, 7) is 4.55. The normalized spacial score (nSPS) is 10.8. The summed E-state index contributed by atoms with van der Waals surface area (Å²) in [5.41, 5.74) is 8.40. The van der Waals surface area contributed by atoms with Crippen LogP contribution in [-0.4, -0.2) is 31.7 Å². The summed E-state index contributed by atoms with van der Waals surface area (Å²) < 4.78 is 7.42. The van der Waals surface area contributed by atoms with Crippen LogP contribution in [0.25, 0.3) is 11.6 Å². The van der Waals surface area contributed by atoms with Crippen molar-refractivity contribution >= 4 is 23.1 Å². The number of nitrogen functional groups attached to an aromatic ring is 1. The third kappa shape index (κ3) is 4.81. The first-order valence-corrected chi connectivity index (χ1v) is 8.99. The zero-order valence-corrected chi connectivity index (χ0v) is 15.8. The number of nitrogens with zero attached hydrogens (tertiary/aromatic N) is 4. The Labute approximate surface area is 161 Å². The molecule has 9 heteroatoms. The van der Waals surface area contributed by atoms with Crippen LogP contribution in [0.3, 0.4) is 0 Å². The van der Waals surface area contributed by atoms with Gasteiger partial charge in [0.2, 0.25) is 11.8 Å². The number of carbonyl (C=O) groups is 2. The van der Waals surface area contributed by atoms with E-state index in [-0.39, 0.29) is 31.0 Å². The summed E-state index contributed by atoms with van der Waals surface area (Å²) in [5, 5.41) is 15.0. The number of Topliss-reactive ketones (excluding diaryl/α,β-unsaturated/α-hetero) is 1. The number of aryl methyl sites for hydroxylation is 3.